The van der Waals surface area contributed by atoms with E-state index in [1.165, 1.54) is 29.7 Å². The number of nitrogens with two attached hydrogens (primary N) is 1. The predicted octanol–water partition coefficient (Wildman–Crippen LogP) is 4.15. The van der Waals surface area contributed by atoms with Crippen LogP contribution in [0.4, 0.5) is 0 Å². The van der Waals surface area contributed by atoms with E-state index in [0.717, 1.165) is 30.5 Å². The summed E-state index contributed by atoms with van der Waals surface area (Å²) in [5.41, 5.74) is 1.39. The van der Waals surface area contributed by atoms with Gasteiger partial charge in [-0.15, -0.1) is 11.3 Å². The molecule has 0 unspecified atom stereocenters. The van der Waals surface area contributed by atoms with E-state index in [-0.39, 0.29) is 0 Å². The molecule has 0 fully saturated rings. The summed E-state index contributed by atoms with van der Waals surface area (Å²) in [6, 6.07) is 10.8. The van der Waals surface area contributed by atoms with E-state index < -0.39 is 0 Å². The van der Waals surface area contributed by atoms with E-state index in [1.54, 1.807) is 0 Å². The van der Waals surface area contributed by atoms with Crippen LogP contribution < -0.4 is 14.8 Å². The maximum absolute atomic E-state index is 5.56. The third-order valence-electron chi connectivity index (χ3n) is 4.61. The molecule has 4 heteroatoms. The largest absolute Gasteiger partial charge is 0.454 e. The second kappa shape index (κ2) is 8.54. The Kier molecular flexibility index (Phi) is 6.16. The summed E-state index contributed by atoms with van der Waals surface area (Å²) < 4.78 is 11.0. The average molecular weight is 347 g/mol. The number of quaternary nitrogens is 1. The zero-order valence-corrected chi connectivity index (χ0v) is 15.5. The van der Waals surface area contributed by atoms with Crippen molar-refractivity contribution < 1.29 is 14.8 Å². The van der Waals surface area contributed by atoms with Gasteiger partial charge in [-0.2, -0.15) is 0 Å². The SMILES string of the molecule is CC(C)CC[C@@H](CC[NH2+]Cc1cccs1)c1ccc2c(c1)OCO2. The number of ether oxygens (including phenoxy) is 2. The molecule has 1 aliphatic heterocycles. The van der Waals surface area contributed by atoms with E-state index in [1.807, 2.05) is 11.3 Å². The number of thiophene rings is 1. The molecule has 0 spiro atoms. The fourth-order valence-electron chi connectivity index (χ4n) is 3.17. The van der Waals surface area contributed by atoms with Gasteiger partial charge in [-0.3, -0.25) is 0 Å². The van der Waals surface area contributed by atoms with E-state index in [4.69, 9.17) is 9.47 Å². The maximum Gasteiger partial charge on any atom is 0.231 e. The molecule has 0 saturated carbocycles. The summed E-state index contributed by atoms with van der Waals surface area (Å²) >= 11 is 1.84. The van der Waals surface area contributed by atoms with Crippen molar-refractivity contribution in [2.75, 3.05) is 13.3 Å². The van der Waals surface area contributed by atoms with Crippen molar-refractivity contribution in [3.05, 3.63) is 46.2 Å². The molecule has 2 aromatic rings. The van der Waals surface area contributed by atoms with Gasteiger partial charge in [0.25, 0.3) is 0 Å². The molecule has 0 aliphatic carbocycles. The van der Waals surface area contributed by atoms with Crippen molar-refractivity contribution in [2.24, 2.45) is 5.92 Å². The normalized spacial score (nSPS) is 14.3. The number of hydrogen-bond donors (Lipinski definition) is 1. The summed E-state index contributed by atoms with van der Waals surface area (Å²) in [4.78, 5) is 1.46. The van der Waals surface area contributed by atoms with Gasteiger partial charge in [0.2, 0.25) is 6.79 Å². The van der Waals surface area contributed by atoms with Gasteiger partial charge in [-0.25, -0.2) is 0 Å². The molecular weight excluding hydrogens is 318 g/mol. The zero-order valence-electron chi connectivity index (χ0n) is 14.7. The second-order valence-electron chi connectivity index (χ2n) is 6.93. The van der Waals surface area contributed by atoms with Crippen LogP contribution in [0.2, 0.25) is 0 Å². The van der Waals surface area contributed by atoms with Gasteiger partial charge in [0, 0.05) is 6.42 Å². The van der Waals surface area contributed by atoms with Crippen molar-refractivity contribution in [2.45, 2.75) is 45.6 Å². The lowest BCUT2D eigenvalue weighted by Crippen LogP contribution is -2.82. The predicted molar refractivity (Wildman–Crippen MR) is 98.8 cm³/mol. The Bertz CT molecular complexity index is 625. The van der Waals surface area contributed by atoms with Crippen LogP contribution >= 0.6 is 11.3 Å². The molecule has 0 saturated heterocycles. The maximum atomic E-state index is 5.56. The average Bonchev–Trinajstić information content (AvgIpc) is 3.24. The highest BCUT2D eigenvalue weighted by Gasteiger charge is 2.18. The van der Waals surface area contributed by atoms with Crippen LogP contribution in [-0.2, 0) is 6.54 Å². The molecule has 1 aromatic carbocycles. The van der Waals surface area contributed by atoms with E-state index in [2.05, 4.69) is 54.9 Å². The third-order valence-corrected chi connectivity index (χ3v) is 5.50. The minimum atomic E-state index is 0.351. The zero-order chi connectivity index (χ0) is 16.8. The Balaban J connectivity index is 1.57. The Morgan fingerprint density at radius 2 is 1.96 bits per heavy atom. The lowest BCUT2D eigenvalue weighted by molar-refractivity contribution is -0.670. The standard InChI is InChI=1S/C20H27NO2S/c1-15(2)5-6-16(9-10-21-13-18-4-3-11-24-18)17-7-8-19-20(12-17)23-14-22-19/h3-4,7-8,11-12,15-16,21H,5-6,9-10,13-14H2,1-2H3/p+1/t16-/m0/s1. The first-order chi connectivity index (χ1) is 11.7. The minimum absolute atomic E-state index is 0.351. The lowest BCUT2D eigenvalue weighted by Gasteiger charge is -2.18. The highest BCUT2D eigenvalue weighted by Crippen LogP contribution is 2.36. The van der Waals surface area contributed by atoms with Crippen molar-refractivity contribution in [3.8, 4) is 11.5 Å². The monoisotopic (exact) mass is 346 g/mol. The smallest absolute Gasteiger partial charge is 0.231 e. The van der Waals surface area contributed by atoms with Gasteiger partial charge in [0.1, 0.15) is 6.54 Å². The molecule has 130 valence electrons. The van der Waals surface area contributed by atoms with Crippen LogP contribution in [-0.4, -0.2) is 13.3 Å². The Hall–Kier alpha value is -1.52. The van der Waals surface area contributed by atoms with Gasteiger partial charge in [0.05, 0.1) is 11.4 Å². The summed E-state index contributed by atoms with van der Waals surface area (Å²) in [6.45, 7) is 7.22. The Labute approximate surface area is 149 Å². The molecule has 2 N–H and O–H groups in total. The molecule has 1 atom stereocenters. The molecule has 0 radical (unpaired) electrons. The molecule has 1 aromatic heterocycles. The van der Waals surface area contributed by atoms with Gasteiger partial charge < -0.3 is 14.8 Å². The van der Waals surface area contributed by atoms with E-state index >= 15 is 0 Å². The molecule has 0 amide bonds. The fourth-order valence-corrected chi connectivity index (χ4v) is 3.87. The summed E-state index contributed by atoms with van der Waals surface area (Å²) in [7, 11) is 0. The topological polar surface area (TPSA) is 35.1 Å². The van der Waals surface area contributed by atoms with Crippen molar-refractivity contribution in [1.29, 1.82) is 0 Å². The van der Waals surface area contributed by atoms with Crippen LogP contribution in [0.1, 0.15) is 49.5 Å². The van der Waals surface area contributed by atoms with Crippen LogP contribution in [0.5, 0.6) is 11.5 Å². The van der Waals surface area contributed by atoms with Crippen molar-refractivity contribution in [1.82, 2.24) is 0 Å². The van der Waals surface area contributed by atoms with E-state index in [9.17, 15) is 0 Å². The van der Waals surface area contributed by atoms with Crippen LogP contribution in [0.15, 0.2) is 35.7 Å². The molecule has 0 bridgehead atoms. The Morgan fingerprint density at radius 3 is 2.75 bits per heavy atom. The molecule has 24 heavy (non-hydrogen) atoms. The van der Waals surface area contributed by atoms with E-state index in [0.29, 0.717) is 12.7 Å². The molecule has 2 heterocycles. The minimum Gasteiger partial charge on any atom is -0.454 e. The lowest BCUT2D eigenvalue weighted by atomic mass is 9.88. The van der Waals surface area contributed by atoms with Crippen molar-refractivity contribution >= 4 is 11.3 Å². The van der Waals surface area contributed by atoms with Gasteiger partial charge in [-0.1, -0.05) is 32.4 Å². The second-order valence-corrected chi connectivity index (χ2v) is 7.96. The highest BCUT2D eigenvalue weighted by molar-refractivity contribution is 7.09. The highest BCUT2D eigenvalue weighted by atomic mass is 32.1. The van der Waals surface area contributed by atoms with Crippen LogP contribution in [0.3, 0.4) is 0 Å². The Morgan fingerprint density at radius 1 is 1.08 bits per heavy atom. The molecule has 3 rings (SSSR count). The van der Waals surface area contributed by atoms with Gasteiger partial charge in [-0.05, 0) is 47.4 Å². The van der Waals surface area contributed by atoms with Crippen LogP contribution in [0.25, 0.3) is 0 Å². The van der Waals surface area contributed by atoms with Gasteiger partial charge in [0.15, 0.2) is 11.5 Å². The first-order valence-electron chi connectivity index (χ1n) is 8.96. The molecule has 1 aliphatic rings. The van der Waals surface area contributed by atoms with Crippen molar-refractivity contribution in [3.63, 3.8) is 0 Å². The number of rotatable bonds is 9. The van der Waals surface area contributed by atoms with Crippen LogP contribution in [0, 0.1) is 5.92 Å². The third kappa shape index (κ3) is 4.74. The number of benzene rings is 1. The summed E-state index contributed by atoms with van der Waals surface area (Å²) in [5, 5.41) is 4.59. The summed E-state index contributed by atoms with van der Waals surface area (Å²) in [6.07, 6.45) is 3.71. The first-order valence-corrected chi connectivity index (χ1v) is 9.84. The molecular formula is C20H28NO2S+. The number of hydrogen-bond acceptors (Lipinski definition) is 3. The summed E-state index contributed by atoms with van der Waals surface area (Å²) in [5.74, 6) is 3.13. The molecule has 3 nitrogen and oxygen atoms in total. The quantitative estimate of drug-likeness (QED) is 0.692. The first kappa shape index (κ1) is 17.3. The fraction of sp³-hybridized carbons (Fsp3) is 0.500. The van der Waals surface area contributed by atoms with Gasteiger partial charge >= 0.3 is 0 Å². The number of fused-ring (bicyclic) bond motifs is 1.